The molecule has 0 spiro atoms. The van der Waals surface area contributed by atoms with Crippen LogP contribution in [0.15, 0.2) is 144 Å². The third-order valence-electron chi connectivity index (χ3n) is 6.45. The molecule has 5 aromatic rings. The summed E-state index contributed by atoms with van der Waals surface area (Å²) in [5.41, 5.74) is 2.11. The minimum atomic E-state index is -3.90. The van der Waals surface area contributed by atoms with Crippen LogP contribution < -0.4 is 20.1 Å². The van der Waals surface area contributed by atoms with E-state index in [2.05, 4.69) is 91.0 Å². The van der Waals surface area contributed by atoms with Crippen LogP contribution in [0.2, 0.25) is 0 Å². The van der Waals surface area contributed by atoms with Crippen molar-refractivity contribution in [3.05, 3.63) is 151 Å². The monoisotopic (exact) mass is 523 g/mol. The molecule has 0 saturated carbocycles. The average molecular weight is 524 g/mol. The van der Waals surface area contributed by atoms with Gasteiger partial charge in [0, 0.05) is 0 Å². The number of benzene rings is 5. The first-order chi connectivity index (χ1) is 18.0. The van der Waals surface area contributed by atoms with Gasteiger partial charge in [0.2, 0.25) is 0 Å². The summed E-state index contributed by atoms with van der Waals surface area (Å²) in [5, 5.41) is 3.90. The summed E-state index contributed by atoms with van der Waals surface area (Å²) in [5.74, 6) is 0.299. The topological polar surface area (TPSA) is 43.4 Å². The maximum absolute atomic E-state index is 12.8. The van der Waals surface area contributed by atoms with Gasteiger partial charge in [0.05, 0.1) is 6.16 Å². The molecule has 0 atom stereocenters. The highest BCUT2D eigenvalue weighted by atomic mass is 32.2. The molecule has 0 radical (unpaired) electrons. The molecule has 0 aliphatic heterocycles. The van der Waals surface area contributed by atoms with Gasteiger partial charge in [-0.15, -0.1) is 0 Å². The van der Waals surface area contributed by atoms with Crippen molar-refractivity contribution in [2.24, 2.45) is 0 Å². The first-order valence-electron chi connectivity index (χ1n) is 12.1. The van der Waals surface area contributed by atoms with Crippen LogP contribution in [0.1, 0.15) is 11.1 Å². The lowest BCUT2D eigenvalue weighted by molar-refractivity contribution is 0.486. The van der Waals surface area contributed by atoms with E-state index in [0.29, 0.717) is 5.75 Å². The van der Waals surface area contributed by atoms with Gasteiger partial charge < -0.3 is 4.18 Å². The predicted molar refractivity (Wildman–Crippen MR) is 154 cm³/mol. The molecule has 0 aliphatic carbocycles. The van der Waals surface area contributed by atoms with Gasteiger partial charge in [0.25, 0.3) is 0 Å². The molecule has 0 heterocycles. The average Bonchev–Trinajstić information content (AvgIpc) is 2.94. The van der Waals surface area contributed by atoms with Gasteiger partial charge >= 0.3 is 10.1 Å². The molecule has 5 aromatic carbocycles. The zero-order valence-corrected chi connectivity index (χ0v) is 22.3. The van der Waals surface area contributed by atoms with E-state index in [1.165, 1.54) is 15.9 Å². The van der Waals surface area contributed by atoms with E-state index in [0.717, 1.165) is 17.3 Å². The van der Waals surface area contributed by atoms with Crippen molar-refractivity contribution in [1.29, 1.82) is 0 Å². The van der Waals surface area contributed by atoms with Crippen molar-refractivity contribution < 1.29 is 12.6 Å². The fraction of sp³-hybridized carbons (Fsp3) is 0.0625. The van der Waals surface area contributed by atoms with Crippen LogP contribution in [0, 0.1) is 6.92 Å². The molecule has 0 N–H and O–H groups in total. The number of hydrogen-bond donors (Lipinski definition) is 0. The summed E-state index contributed by atoms with van der Waals surface area (Å²) >= 11 is 0. The first-order valence-corrected chi connectivity index (χ1v) is 15.5. The van der Waals surface area contributed by atoms with Crippen LogP contribution in [-0.4, -0.2) is 8.42 Å². The Hall–Kier alpha value is -3.72. The minimum Gasteiger partial charge on any atom is -0.379 e. The lowest BCUT2D eigenvalue weighted by Crippen LogP contribution is -2.32. The summed E-state index contributed by atoms with van der Waals surface area (Å²) in [6, 6.07) is 46.2. The van der Waals surface area contributed by atoms with E-state index in [9.17, 15) is 8.42 Å². The Morgan fingerprint density at radius 1 is 0.568 bits per heavy atom. The van der Waals surface area contributed by atoms with Gasteiger partial charge in [-0.05, 0) is 73.2 Å². The van der Waals surface area contributed by atoms with E-state index >= 15 is 0 Å². The van der Waals surface area contributed by atoms with Crippen LogP contribution >= 0.6 is 7.26 Å². The molecule has 5 rings (SSSR count). The number of aryl methyl sites for hydroxylation is 1. The Kier molecular flexibility index (Phi) is 7.23. The summed E-state index contributed by atoms with van der Waals surface area (Å²) in [7, 11) is -5.94. The predicted octanol–water partition coefficient (Wildman–Crippen LogP) is 6.26. The SMILES string of the molecule is Cc1ccc(S(=O)(=O)Oc2ccc(C[P+](c3ccccc3)(c3ccccc3)c3ccccc3)cc2)cc1. The summed E-state index contributed by atoms with van der Waals surface area (Å²) < 4.78 is 31.0. The second-order valence-electron chi connectivity index (χ2n) is 8.97. The maximum atomic E-state index is 12.8. The third kappa shape index (κ3) is 5.36. The second kappa shape index (κ2) is 10.7. The molecular formula is C32H28O3PS+. The molecule has 0 saturated heterocycles. The van der Waals surface area contributed by atoms with Gasteiger partial charge in [0.15, 0.2) is 0 Å². The Labute approximate surface area is 219 Å². The fourth-order valence-corrected chi connectivity index (χ4v) is 9.75. The van der Waals surface area contributed by atoms with Crippen molar-refractivity contribution in [2.45, 2.75) is 18.0 Å². The number of rotatable bonds is 8. The molecule has 0 bridgehead atoms. The van der Waals surface area contributed by atoms with E-state index in [4.69, 9.17) is 4.18 Å². The highest BCUT2D eigenvalue weighted by Gasteiger charge is 2.45. The van der Waals surface area contributed by atoms with Crippen molar-refractivity contribution in [2.75, 3.05) is 0 Å². The molecule has 0 fully saturated rings. The largest absolute Gasteiger partial charge is 0.379 e. The molecule has 0 amide bonds. The van der Waals surface area contributed by atoms with Crippen molar-refractivity contribution in [3.8, 4) is 5.75 Å². The summed E-state index contributed by atoms with van der Waals surface area (Å²) in [6.07, 6.45) is 0.802. The van der Waals surface area contributed by atoms with Crippen LogP contribution in [0.3, 0.4) is 0 Å². The zero-order chi connectivity index (χ0) is 25.7. The molecule has 0 aromatic heterocycles. The second-order valence-corrected chi connectivity index (χ2v) is 14.0. The van der Waals surface area contributed by atoms with Crippen LogP contribution in [0.5, 0.6) is 5.75 Å². The Morgan fingerprint density at radius 3 is 1.43 bits per heavy atom. The highest BCUT2D eigenvalue weighted by Crippen LogP contribution is 2.58. The lowest BCUT2D eigenvalue weighted by atomic mass is 10.2. The first kappa shape index (κ1) is 25.0. The third-order valence-corrected chi connectivity index (χ3v) is 12.1. The van der Waals surface area contributed by atoms with Crippen LogP contribution in [0.4, 0.5) is 0 Å². The van der Waals surface area contributed by atoms with E-state index in [1.807, 2.05) is 19.1 Å². The Bertz CT molecular complexity index is 1450. The van der Waals surface area contributed by atoms with E-state index < -0.39 is 17.4 Å². The quantitative estimate of drug-likeness (QED) is 0.178. The maximum Gasteiger partial charge on any atom is 0.339 e. The molecule has 3 nitrogen and oxygen atoms in total. The minimum absolute atomic E-state index is 0.143. The van der Waals surface area contributed by atoms with E-state index in [-0.39, 0.29) is 4.90 Å². The molecule has 5 heteroatoms. The van der Waals surface area contributed by atoms with Gasteiger partial charge in [0.1, 0.15) is 33.8 Å². The fourth-order valence-electron chi connectivity index (χ4n) is 4.57. The van der Waals surface area contributed by atoms with Gasteiger partial charge in [-0.1, -0.05) is 84.4 Å². The molecule has 0 unspecified atom stereocenters. The van der Waals surface area contributed by atoms with E-state index in [1.54, 1.807) is 36.4 Å². The molecule has 37 heavy (non-hydrogen) atoms. The number of hydrogen-bond acceptors (Lipinski definition) is 3. The van der Waals surface area contributed by atoms with Crippen molar-refractivity contribution >= 4 is 33.3 Å². The highest BCUT2D eigenvalue weighted by molar-refractivity contribution is 7.95. The lowest BCUT2D eigenvalue weighted by Gasteiger charge is -2.28. The molecule has 184 valence electrons. The van der Waals surface area contributed by atoms with Crippen LogP contribution in [-0.2, 0) is 16.3 Å². The molecule has 0 aliphatic rings. The standard InChI is InChI=1S/C32H28O3PS/c1-26-17-23-32(24-18-26)37(33,34)35-28-21-19-27(20-22-28)25-36(29-11-5-2-6-12-29,30-13-7-3-8-14-30)31-15-9-4-10-16-31/h2-24H,25H2,1H3/q+1. The molecular weight excluding hydrogens is 495 g/mol. The smallest absolute Gasteiger partial charge is 0.339 e. The van der Waals surface area contributed by atoms with Crippen molar-refractivity contribution in [3.63, 3.8) is 0 Å². The van der Waals surface area contributed by atoms with Crippen molar-refractivity contribution in [1.82, 2.24) is 0 Å². The van der Waals surface area contributed by atoms with Gasteiger partial charge in [-0.25, -0.2) is 0 Å². The summed E-state index contributed by atoms with van der Waals surface area (Å²) in [4.78, 5) is 0.143. The Morgan fingerprint density at radius 2 is 1.00 bits per heavy atom. The zero-order valence-electron chi connectivity index (χ0n) is 20.6. The van der Waals surface area contributed by atoms with Gasteiger partial charge in [-0.2, -0.15) is 8.42 Å². The van der Waals surface area contributed by atoms with Crippen LogP contribution in [0.25, 0.3) is 0 Å². The summed E-state index contributed by atoms with van der Waals surface area (Å²) in [6.45, 7) is 1.92. The Balaban J connectivity index is 1.53. The van der Waals surface area contributed by atoms with Gasteiger partial charge in [-0.3, -0.25) is 0 Å². The normalized spacial score (nSPS) is 11.7.